The van der Waals surface area contributed by atoms with Crippen LogP contribution in [-0.2, 0) is 0 Å². The standard InChI is InChI=1S/C15H21F2NO/c1-18(11-5-2-3-6-11)10-9-14(19)12-7-4-8-13(16)15(12)17/h4,7-8,11,14,19H,2-3,5-6,9-10H2,1H3. The van der Waals surface area contributed by atoms with Gasteiger partial charge in [0.2, 0.25) is 0 Å². The minimum Gasteiger partial charge on any atom is -0.388 e. The van der Waals surface area contributed by atoms with Crippen LogP contribution < -0.4 is 0 Å². The number of halogens is 2. The predicted molar refractivity (Wildman–Crippen MR) is 70.8 cm³/mol. The summed E-state index contributed by atoms with van der Waals surface area (Å²) in [6.45, 7) is 0.696. The lowest BCUT2D eigenvalue weighted by Gasteiger charge is -2.25. The van der Waals surface area contributed by atoms with E-state index in [0.717, 1.165) is 6.07 Å². The predicted octanol–water partition coefficient (Wildman–Crippen LogP) is 3.26. The highest BCUT2D eigenvalue weighted by molar-refractivity contribution is 5.21. The van der Waals surface area contributed by atoms with Gasteiger partial charge >= 0.3 is 0 Å². The Balaban J connectivity index is 1.90. The van der Waals surface area contributed by atoms with Crippen molar-refractivity contribution in [2.45, 2.75) is 44.2 Å². The molecule has 1 unspecified atom stereocenters. The molecule has 1 aliphatic carbocycles. The molecule has 1 aromatic carbocycles. The van der Waals surface area contributed by atoms with E-state index < -0.39 is 17.7 Å². The first-order chi connectivity index (χ1) is 9.09. The molecule has 0 heterocycles. The molecule has 2 rings (SSSR count). The normalized spacial score (nSPS) is 18.2. The summed E-state index contributed by atoms with van der Waals surface area (Å²) >= 11 is 0. The number of nitrogens with zero attached hydrogens (tertiary/aromatic N) is 1. The molecule has 1 aliphatic rings. The number of rotatable bonds is 5. The van der Waals surface area contributed by atoms with E-state index in [1.165, 1.54) is 37.8 Å². The zero-order valence-electron chi connectivity index (χ0n) is 11.3. The summed E-state index contributed by atoms with van der Waals surface area (Å²) in [6, 6.07) is 4.51. The van der Waals surface area contributed by atoms with Crippen molar-refractivity contribution in [2.24, 2.45) is 0 Å². The quantitative estimate of drug-likeness (QED) is 0.887. The van der Waals surface area contributed by atoms with Gasteiger partial charge in [-0.25, -0.2) is 8.78 Å². The molecule has 0 amide bonds. The molecule has 2 nitrogen and oxygen atoms in total. The van der Waals surface area contributed by atoms with Crippen LogP contribution in [0.15, 0.2) is 18.2 Å². The third kappa shape index (κ3) is 3.51. The van der Waals surface area contributed by atoms with Gasteiger partial charge in [-0.1, -0.05) is 25.0 Å². The lowest BCUT2D eigenvalue weighted by Crippen LogP contribution is -2.30. The van der Waals surface area contributed by atoms with Gasteiger partial charge in [-0.3, -0.25) is 0 Å². The summed E-state index contributed by atoms with van der Waals surface area (Å²) in [5.41, 5.74) is 0.0554. The Kier molecular flexibility index (Phi) is 4.88. The molecule has 1 aromatic rings. The Labute approximate surface area is 113 Å². The summed E-state index contributed by atoms with van der Waals surface area (Å²) in [6.07, 6.45) is 4.39. The highest BCUT2D eigenvalue weighted by atomic mass is 19.2. The van der Waals surface area contributed by atoms with E-state index in [2.05, 4.69) is 4.90 Å². The highest BCUT2D eigenvalue weighted by Gasteiger charge is 2.21. The topological polar surface area (TPSA) is 23.5 Å². The maximum Gasteiger partial charge on any atom is 0.164 e. The molecule has 1 fully saturated rings. The Hall–Kier alpha value is -1.00. The summed E-state index contributed by atoms with van der Waals surface area (Å²) in [5.74, 6) is -1.83. The van der Waals surface area contributed by atoms with Gasteiger partial charge in [0, 0.05) is 18.2 Å². The fourth-order valence-corrected chi connectivity index (χ4v) is 2.79. The second kappa shape index (κ2) is 6.44. The Bertz CT molecular complexity index is 419. The number of hydrogen-bond acceptors (Lipinski definition) is 2. The summed E-state index contributed by atoms with van der Waals surface area (Å²) in [7, 11) is 2.03. The van der Waals surface area contributed by atoms with Crippen LogP contribution in [0.2, 0.25) is 0 Å². The van der Waals surface area contributed by atoms with Gasteiger partial charge in [-0.15, -0.1) is 0 Å². The monoisotopic (exact) mass is 269 g/mol. The molecule has 0 aromatic heterocycles. The van der Waals surface area contributed by atoms with Gasteiger partial charge in [0.15, 0.2) is 11.6 Å². The van der Waals surface area contributed by atoms with Gasteiger partial charge in [0.05, 0.1) is 6.10 Å². The van der Waals surface area contributed by atoms with Crippen LogP contribution >= 0.6 is 0 Å². The van der Waals surface area contributed by atoms with Crippen molar-refractivity contribution in [1.29, 1.82) is 0 Å². The van der Waals surface area contributed by atoms with Crippen LogP contribution in [0, 0.1) is 11.6 Å². The average Bonchev–Trinajstić information content (AvgIpc) is 2.93. The minimum absolute atomic E-state index is 0.0554. The molecule has 1 N–H and O–H groups in total. The van der Waals surface area contributed by atoms with E-state index in [0.29, 0.717) is 19.0 Å². The fraction of sp³-hybridized carbons (Fsp3) is 0.600. The van der Waals surface area contributed by atoms with Crippen LogP contribution in [0.25, 0.3) is 0 Å². The number of benzene rings is 1. The zero-order chi connectivity index (χ0) is 13.8. The molecule has 106 valence electrons. The zero-order valence-corrected chi connectivity index (χ0v) is 11.3. The van der Waals surface area contributed by atoms with Gasteiger partial charge < -0.3 is 10.0 Å². The maximum atomic E-state index is 13.5. The molecule has 0 spiro atoms. The van der Waals surface area contributed by atoms with Gasteiger partial charge in [0.25, 0.3) is 0 Å². The lowest BCUT2D eigenvalue weighted by atomic mass is 10.0. The molecular weight excluding hydrogens is 248 g/mol. The van der Waals surface area contributed by atoms with E-state index in [-0.39, 0.29) is 5.56 Å². The molecule has 1 atom stereocenters. The number of aliphatic hydroxyl groups is 1. The summed E-state index contributed by atoms with van der Waals surface area (Å²) < 4.78 is 26.6. The smallest absolute Gasteiger partial charge is 0.164 e. The second-order valence-electron chi connectivity index (χ2n) is 5.37. The van der Waals surface area contributed by atoms with E-state index in [1.54, 1.807) is 0 Å². The highest BCUT2D eigenvalue weighted by Crippen LogP contribution is 2.25. The van der Waals surface area contributed by atoms with Gasteiger partial charge in [-0.2, -0.15) is 0 Å². The molecular formula is C15H21F2NO. The van der Waals surface area contributed by atoms with E-state index in [4.69, 9.17) is 0 Å². The van der Waals surface area contributed by atoms with Gasteiger partial charge in [-0.05, 0) is 32.4 Å². The van der Waals surface area contributed by atoms with Crippen LogP contribution in [0.4, 0.5) is 8.78 Å². The number of aliphatic hydroxyl groups excluding tert-OH is 1. The van der Waals surface area contributed by atoms with E-state index in [1.807, 2.05) is 7.05 Å². The SMILES string of the molecule is CN(CCC(O)c1cccc(F)c1F)C1CCCC1. The molecule has 0 radical (unpaired) electrons. The van der Waals surface area contributed by atoms with Crippen LogP contribution in [-0.4, -0.2) is 29.6 Å². The van der Waals surface area contributed by atoms with Crippen LogP contribution in [0.1, 0.15) is 43.8 Å². The largest absolute Gasteiger partial charge is 0.388 e. The van der Waals surface area contributed by atoms with Crippen LogP contribution in [0.3, 0.4) is 0 Å². The van der Waals surface area contributed by atoms with Crippen molar-refractivity contribution in [1.82, 2.24) is 4.90 Å². The van der Waals surface area contributed by atoms with Crippen molar-refractivity contribution in [3.05, 3.63) is 35.4 Å². The second-order valence-corrected chi connectivity index (χ2v) is 5.37. The molecule has 19 heavy (non-hydrogen) atoms. The molecule has 0 saturated heterocycles. The first-order valence-electron chi connectivity index (χ1n) is 6.92. The Morgan fingerprint density at radius 1 is 1.32 bits per heavy atom. The van der Waals surface area contributed by atoms with Crippen LogP contribution in [0.5, 0.6) is 0 Å². The van der Waals surface area contributed by atoms with Gasteiger partial charge in [0.1, 0.15) is 0 Å². The first-order valence-corrected chi connectivity index (χ1v) is 6.92. The molecule has 1 saturated carbocycles. The van der Waals surface area contributed by atoms with Crippen molar-refractivity contribution in [3.8, 4) is 0 Å². The van der Waals surface area contributed by atoms with Crippen molar-refractivity contribution < 1.29 is 13.9 Å². The van der Waals surface area contributed by atoms with E-state index >= 15 is 0 Å². The van der Waals surface area contributed by atoms with Crippen molar-refractivity contribution in [2.75, 3.05) is 13.6 Å². The maximum absolute atomic E-state index is 13.5. The first kappa shape index (κ1) is 14.4. The fourth-order valence-electron chi connectivity index (χ4n) is 2.79. The number of hydrogen-bond donors (Lipinski definition) is 1. The lowest BCUT2D eigenvalue weighted by molar-refractivity contribution is 0.133. The third-order valence-electron chi connectivity index (χ3n) is 4.04. The Morgan fingerprint density at radius 3 is 2.68 bits per heavy atom. The minimum atomic E-state index is -0.945. The van der Waals surface area contributed by atoms with E-state index in [9.17, 15) is 13.9 Å². The molecule has 4 heteroatoms. The van der Waals surface area contributed by atoms with Crippen molar-refractivity contribution >= 4 is 0 Å². The summed E-state index contributed by atoms with van der Waals surface area (Å²) in [4.78, 5) is 2.22. The third-order valence-corrected chi connectivity index (χ3v) is 4.04. The Morgan fingerprint density at radius 2 is 2.00 bits per heavy atom. The average molecular weight is 269 g/mol. The molecule has 0 bridgehead atoms. The van der Waals surface area contributed by atoms with Crippen molar-refractivity contribution in [3.63, 3.8) is 0 Å². The summed E-state index contributed by atoms with van der Waals surface area (Å²) in [5, 5.41) is 9.98. The molecule has 0 aliphatic heterocycles.